The lowest BCUT2D eigenvalue weighted by atomic mass is 9.97. The van der Waals surface area contributed by atoms with Gasteiger partial charge in [0.25, 0.3) is 5.56 Å². The molecule has 0 fully saturated rings. The maximum absolute atomic E-state index is 12.6. The molecule has 0 aliphatic heterocycles. The van der Waals surface area contributed by atoms with Gasteiger partial charge in [0.1, 0.15) is 10.7 Å². The molecule has 4 rings (SSSR count). The summed E-state index contributed by atoms with van der Waals surface area (Å²) in [5.74, 6) is 1.05. The van der Waals surface area contributed by atoms with Crippen molar-refractivity contribution >= 4 is 27.5 Å². The fourth-order valence-electron chi connectivity index (χ4n) is 4.10. The van der Waals surface area contributed by atoms with Gasteiger partial charge in [-0.15, -0.1) is 11.3 Å². The predicted octanol–water partition coefficient (Wildman–Crippen LogP) is 4.31. The summed E-state index contributed by atoms with van der Waals surface area (Å²) in [5, 5.41) is 3.92. The lowest BCUT2D eigenvalue weighted by molar-refractivity contribution is -0.121. The van der Waals surface area contributed by atoms with E-state index >= 15 is 0 Å². The third-order valence-corrected chi connectivity index (χ3v) is 6.64. The molecule has 2 heterocycles. The molecule has 1 amide bonds. The van der Waals surface area contributed by atoms with Crippen LogP contribution in [0.4, 0.5) is 0 Å². The maximum atomic E-state index is 12.6. The van der Waals surface area contributed by atoms with E-state index in [1.165, 1.54) is 10.4 Å². The summed E-state index contributed by atoms with van der Waals surface area (Å²) >= 11 is 1.63. The molecule has 0 radical (unpaired) electrons. The van der Waals surface area contributed by atoms with Gasteiger partial charge in [0, 0.05) is 17.7 Å². The summed E-state index contributed by atoms with van der Waals surface area (Å²) in [6.45, 7) is 4.31. The SMILES string of the molecule is CC(C)C[C@@H](NC(=O)CCc1nc2sc3c(c2c(=O)[nH]1)CCC3)c1ccccc1. The predicted molar refractivity (Wildman–Crippen MR) is 117 cm³/mol. The van der Waals surface area contributed by atoms with E-state index in [-0.39, 0.29) is 17.5 Å². The van der Waals surface area contributed by atoms with Crippen LogP contribution in [0.2, 0.25) is 0 Å². The number of aryl methyl sites for hydroxylation is 3. The molecule has 1 aliphatic carbocycles. The van der Waals surface area contributed by atoms with Crippen molar-refractivity contribution in [1.29, 1.82) is 0 Å². The number of carbonyl (C=O) groups is 1. The van der Waals surface area contributed by atoms with Gasteiger partial charge in [0.15, 0.2) is 0 Å². The molecular weight excluding hydrogens is 382 g/mol. The molecule has 0 saturated heterocycles. The molecule has 2 N–H and O–H groups in total. The van der Waals surface area contributed by atoms with Crippen LogP contribution in [0, 0.1) is 5.92 Å². The van der Waals surface area contributed by atoms with Gasteiger partial charge in [-0.2, -0.15) is 0 Å². The summed E-state index contributed by atoms with van der Waals surface area (Å²) in [6.07, 6.45) is 4.77. The molecular formula is C23H27N3O2S. The van der Waals surface area contributed by atoms with Crippen molar-refractivity contribution in [3.05, 3.63) is 62.5 Å². The van der Waals surface area contributed by atoms with E-state index in [1.807, 2.05) is 18.2 Å². The van der Waals surface area contributed by atoms with E-state index in [9.17, 15) is 9.59 Å². The highest BCUT2D eigenvalue weighted by atomic mass is 32.1. The molecule has 2 aromatic heterocycles. The van der Waals surface area contributed by atoms with Crippen molar-refractivity contribution in [1.82, 2.24) is 15.3 Å². The Balaban J connectivity index is 1.44. The second kappa shape index (κ2) is 8.49. The number of aromatic nitrogens is 2. The number of benzene rings is 1. The van der Waals surface area contributed by atoms with Gasteiger partial charge in [-0.25, -0.2) is 4.98 Å². The molecule has 1 atom stereocenters. The number of nitrogens with one attached hydrogen (secondary N) is 2. The second-order valence-electron chi connectivity index (χ2n) is 8.21. The number of fused-ring (bicyclic) bond motifs is 3. The van der Waals surface area contributed by atoms with Crippen molar-refractivity contribution in [3.63, 3.8) is 0 Å². The van der Waals surface area contributed by atoms with Crippen molar-refractivity contribution in [2.75, 3.05) is 0 Å². The Morgan fingerprint density at radius 3 is 2.79 bits per heavy atom. The van der Waals surface area contributed by atoms with Crippen LogP contribution >= 0.6 is 11.3 Å². The number of thiophene rings is 1. The fraction of sp³-hybridized carbons (Fsp3) is 0.435. The van der Waals surface area contributed by atoms with Crippen LogP contribution < -0.4 is 10.9 Å². The van der Waals surface area contributed by atoms with E-state index in [4.69, 9.17) is 0 Å². The number of amides is 1. The minimum atomic E-state index is -0.0632. The zero-order valence-electron chi connectivity index (χ0n) is 17.0. The molecule has 0 unspecified atom stereocenters. The third kappa shape index (κ3) is 4.42. The first-order valence-corrected chi connectivity index (χ1v) is 11.2. The number of carbonyl (C=O) groups excluding carboxylic acids is 1. The Kier molecular flexibility index (Phi) is 5.81. The minimum absolute atomic E-state index is 0.00143. The Hall–Kier alpha value is -2.47. The van der Waals surface area contributed by atoms with Crippen molar-refractivity contribution < 1.29 is 4.79 Å². The highest BCUT2D eigenvalue weighted by molar-refractivity contribution is 7.18. The van der Waals surface area contributed by atoms with E-state index < -0.39 is 0 Å². The van der Waals surface area contributed by atoms with Gasteiger partial charge in [0.2, 0.25) is 5.91 Å². The highest BCUT2D eigenvalue weighted by Gasteiger charge is 2.21. The first-order chi connectivity index (χ1) is 14.0. The molecule has 0 saturated carbocycles. The van der Waals surface area contributed by atoms with E-state index in [2.05, 4.69) is 41.3 Å². The molecule has 3 aromatic rings. The number of H-pyrrole nitrogens is 1. The Bertz CT molecular complexity index is 1070. The Morgan fingerprint density at radius 1 is 1.24 bits per heavy atom. The Morgan fingerprint density at radius 2 is 2.03 bits per heavy atom. The monoisotopic (exact) mass is 409 g/mol. The number of aromatic amines is 1. The smallest absolute Gasteiger partial charge is 0.259 e. The second-order valence-corrected chi connectivity index (χ2v) is 9.29. The molecule has 0 bridgehead atoms. The van der Waals surface area contributed by atoms with Gasteiger partial charge in [-0.05, 0) is 42.7 Å². The zero-order chi connectivity index (χ0) is 20.4. The van der Waals surface area contributed by atoms with Gasteiger partial charge >= 0.3 is 0 Å². The molecule has 1 aliphatic rings. The van der Waals surface area contributed by atoms with Gasteiger partial charge < -0.3 is 10.3 Å². The largest absolute Gasteiger partial charge is 0.349 e. The van der Waals surface area contributed by atoms with E-state index in [0.29, 0.717) is 24.6 Å². The molecule has 29 heavy (non-hydrogen) atoms. The Labute approximate surface area is 174 Å². The highest BCUT2D eigenvalue weighted by Crippen LogP contribution is 2.34. The van der Waals surface area contributed by atoms with E-state index in [0.717, 1.165) is 41.5 Å². The lowest BCUT2D eigenvalue weighted by Crippen LogP contribution is -2.30. The van der Waals surface area contributed by atoms with Crippen LogP contribution in [0.5, 0.6) is 0 Å². The maximum Gasteiger partial charge on any atom is 0.259 e. The van der Waals surface area contributed by atoms with Crippen LogP contribution in [0.15, 0.2) is 35.1 Å². The summed E-state index contributed by atoms with van der Waals surface area (Å²) in [4.78, 5) is 34.8. The topological polar surface area (TPSA) is 74.8 Å². The fourth-order valence-corrected chi connectivity index (χ4v) is 5.38. The van der Waals surface area contributed by atoms with Crippen LogP contribution in [-0.4, -0.2) is 15.9 Å². The van der Waals surface area contributed by atoms with Gasteiger partial charge in [-0.1, -0.05) is 44.2 Å². The molecule has 6 heteroatoms. The van der Waals surface area contributed by atoms with Crippen LogP contribution in [-0.2, 0) is 24.1 Å². The zero-order valence-corrected chi connectivity index (χ0v) is 17.8. The average molecular weight is 410 g/mol. The normalized spacial score (nSPS) is 14.3. The number of rotatable bonds is 7. The molecule has 1 aromatic carbocycles. The van der Waals surface area contributed by atoms with Crippen LogP contribution in [0.3, 0.4) is 0 Å². The summed E-state index contributed by atoms with van der Waals surface area (Å²) in [7, 11) is 0. The summed E-state index contributed by atoms with van der Waals surface area (Å²) in [6, 6.07) is 10.1. The number of hydrogen-bond acceptors (Lipinski definition) is 4. The number of nitrogens with zero attached hydrogens (tertiary/aromatic N) is 1. The van der Waals surface area contributed by atoms with E-state index in [1.54, 1.807) is 11.3 Å². The van der Waals surface area contributed by atoms with Crippen LogP contribution in [0.25, 0.3) is 10.2 Å². The van der Waals surface area contributed by atoms with Crippen molar-refractivity contribution in [2.45, 2.75) is 58.4 Å². The van der Waals surface area contributed by atoms with Crippen molar-refractivity contribution in [3.8, 4) is 0 Å². The first-order valence-electron chi connectivity index (χ1n) is 10.4. The quantitative estimate of drug-likeness (QED) is 0.611. The summed E-state index contributed by atoms with van der Waals surface area (Å²) < 4.78 is 0. The molecule has 0 spiro atoms. The first kappa shape index (κ1) is 19.8. The minimum Gasteiger partial charge on any atom is -0.349 e. The van der Waals surface area contributed by atoms with Crippen molar-refractivity contribution in [2.24, 2.45) is 5.92 Å². The van der Waals surface area contributed by atoms with Gasteiger partial charge in [-0.3, -0.25) is 9.59 Å². The molecule has 5 nitrogen and oxygen atoms in total. The average Bonchev–Trinajstić information content (AvgIpc) is 3.27. The third-order valence-electron chi connectivity index (χ3n) is 5.46. The standard InChI is InChI=1S/C23H27N3O2S/c1-14(2)13-17(15-7-4-3-5-8-15)24-20(27)12-11-19-25-22(28)21-16-9-6-10-18(16)29-23(21)26-19/h3-5,7-8,14,17H,6,9-13H2,1-2H3,(H,24,27)(H,25,26,28)/t17-/m1/s1. The lowest BCUT2D eigenvalue weighted by Gasteiger charge is -2.21. The molecule has 152 valence electrons. The summed E-state index contributed by atoms with van der Waals surface area (Å²) in [5.41, 5.74) is 2.24. The number of hydrogen-bond donors (Lipinski definition) is 2. The van der Waals surface area contributed by atoms with Crippen LogP contribution in [0.1, 0.15) is 61.0 Å². The van der Waals surface area contributed by atoms with Gasteiger partial charge in [0.05, 0.1) is 11.4 Å².